The van der Waals surface area contributed by atoms with Crippen LogP contribution in [-0.4, -0.2) is 105 Å². The standard InChI is InChI=1S/C32H50BN7O6/c1-8-27-32(6)28(22(4)34-18-20(2)17-31(5,44-7)26(33)16-25(41)21(3)29(42)45-27)40(30(43)46-32)15-10-9-14-39-19-24(37-38-39)23-12-11-13-35-36-23/h11-13,19-22,26-28,34H,8-10,14-18,33H2,1-7H3/t20-,21-,22-,26-,27-,28-,31+,32-/m1/s1. The van der Waals surface area contributed by atoms with Gasteiger partial charge in [0.1, 0.15) is 37.0 Å². The third-order valence-electron chi connectivity index (χ3n) is 10.0. The van der Waals surface area contributed by atoms with Gasteiger partial charge in [-0.3, -0.25) is 19.2 Å². The fourth-order valence-electron chi connectivity index (χ4n) is 6.92. The molecule has 2 aliphatic rings. The van der Waals surface area contributed by atoms with Crippen LogP contribution in [0.4, 0.5) is 4.79 Å². The van der Waals surface area contributed by atoms with E-state index in [1.165, 1.54) is 0 Å². The van der Waals surface area contributed by atoms with E-state index in [9.17, 15) is 14.4 Å². The Labute approximate surface area is 272 Å². The van der Waals surface area contributed by atoms with Crippen LogP contribution in [0.5, 0.6) is 0 Å². The second kappa shape index (κ2) is 15.0. The number of rotatable bonds is 8. The SMILES string of the molecule is B[C@@H]1CC(=O)[C@@H](C)C(=O)O[C@H](CC)[C@@]2(C)OC(=O)N(CCCCn3cc(-c4cccnn4)nn3)[C@@H]2[C@@H](C)NC[C@H](C)C[C@]1(C)OC. The van der Waals surface area contributed by atoms with E-state index >= 15 is 0 Å². The summed E-state index contributed by atoms with van der Waals surface area (Å²) in [6.07, 6.45) is 5.03. The first-order valence-corrected chi connectivity index (χ1v) is 16.5. The molecule has 2 saturated heterocycles. The zero-order valence-electron chi connectivity index (χ0n) is 28.6. The zero-order valence-corrected chi connectivity index (χ0v) is 28.6. The van der Waals surface area contributed by atoms with Crippen molar-refractivity contribution in [3.63, 3.8) is 0 Å². The number of hydrogen-bond donors (Lipinski definition) is 1. The number of esters is 1. The lowest BCUT2D eigenvalue weighted by atomic mass is 9.67. The predicted octanol–water partition coefficient (Wildman–Crippen LogP) is 2.86. The number of ether oxygens (including phenoxy) is 3. The second-order valence-electron chi connectivity index (χ2n) is 13.5. The number of ketones is 1. The van der Waals surface area contributed by atoms with Gasteiger partial charge in [-0.25, -0.2) is 4.79 Å². The molecular formula is C32H50BN7O6. The Bertz CT molecular complexity index is 1350. The number of amides is 1. The Balaban J connectivity index is 1.53. The Hall–Kier alpha value is -3.39. The van der Waals surface area contributed by atoms with Gasteiger partial charge >= 0.3 is 12.1 Å². The maximum absolute atomic E-state index is 13.5. The number of hydrogen-bond acceptors (Lipinski definition) is 11. The maximum atomic E-state index is 13.5. The molecule has 252 valence electrons. The molecule has 2 aromatic heterocycles. The van der Waals surface area contributed by atoms with Gasteiger partial charge in [0.15, 0.2) is 5.60 Å². The van der Waals surface area contributed by atoms with E-state index in [4.69, 9.17) is 14.2 Å². The molecule has 2 aromatic rings. The summed E-state index contributed by atoms with van der Waals surface area (Å²) in [6, 6.07) is 3.02. The highest BCUT2D eigenvalue weighted by Crippen LogP contribution is 2.39. The molecule has 14 heteroatoms. The first kappa shape index (κ1) is 35.5. The molecule has 46 heavy (non-hydrogen) atoms. The van der Waals surface area contributed by atoms with E-state index in [1.54, 1.807) is 35.9 Å². The van der Waals surface area contributed by atoms with Crippen molar-refractivity contribution in [3.05, 3.63) is 24.5 Å². The zero-order chi connectivity index (χ0) is 33.6. The van der Waals surface area contributed by atoms with Crippen LogP contribution in [0.2, 0.25) is 5.82 Å². The molecule has 13 nitrogen and oxygen atoms in total. The van der Waals surface area contributed by atoms with E-state index in [2.05, 4.69) is 32.7 Å². The summed E-state index contributed by atoms with van der Waals surface area (Å²) in [5.74, 6) is -1.63. The van der Waals surface area contributed by atoms with Crippen molar-refractivity contribution in [2.75, 3.05) is 20.2 Å². The average molecular weight is 640 g/mol. The summed E-state index contributed by atoms with van der Waals surface area (Å²) >= 11 is 0. The second-order valence-corrected chi connectivity index (χ2v) is 13.5. The summed E-state index contributed by atoms with van der Waals surface area (Å²) in [5.41, 5.74) is -0.388. The smallest absolute Gasteiger partial charge is 0.410 e. The fourth-order valence-corrected chi connectivity index (χ4v) is 6.92. The minimum Gasteiger partial charge on any atom is -0.458 e. The molecule has 8 atom stereocenters. The van der Waals surface area contributed by atoms with Gasteiger partial charge in [0.2, 0.25) is 0 Å². The quantitative estimate of drug-likeness (QED) is 0.197. The number of Topliss-reactive ketones (excluding diaryl/α,β-unsaturated/α-hetero) is 1. The molecule has 0 spiro atoms. The molecule has 4 heterocycles. The highest BCUT2D eigenvalue weighted by atomic mass is 16.6. The van der Waals surface area contributed by atoms with E-state index in [-0.39, 0.29) is 30.0 Å². The third-order valence-corrected chi connectivity index (χ3v) is 10.0. The topological polar surface area (TPSA) is 151 Å². The van der Waals surface area contributed by atoms with Crippen molar-refractivity contribution in [1.82, 2.24) is 35.4 Å². The van der Waals surface area contributed by atoms with Gasteiger partial charge in [0.25, 0.3) is 0 Å². The lowest BCUT2D eigenvalue weighted by molar-refractivity contribution is -0.169. The van der Waals surface area contributed by atoms with Crippen LogP contribution < -0.4 is 5.32 Å². The van der Waals surface area contributed by atoms with E-state index in [1.807, 2.05) is 47.8 Å². The van der Waals surface area contributed by atoms with Crippen LogP contribution in [0.25, 0.3) is 11.4 Å². The van der Waals surface area contributed by atoms with Gasteiger partial charge in [-0.2, -0.15) is 5.10 Å². The predicted molar refractivity (Wildman–Crippen MR) is 174 cm³/mol. The van der Waals surface area contributed by atoms with E-state index < -0.39 is 41.3 Å². The molecule has 1 N–H and O–H groups in total. The number of aromatic nitrogens is 5. The van der Waals surface area contributed by atoms with Crippen molar-refractivity contribution >= 4 is 25.7 Å². The first-order valence-electron chi connectivity index (χ1n) is 16.5. The Morgan fingerprint density at radius 3 is 2.52 bits per heavy atom. The number of aryl methyl sites for hydroxylation is 1. The maximum Gasteiger partial charge on any atom is 0.410 e. The summed E-state index contributed by atoms with van der Waals surface area (Å²) < 4.78 is 19.9. The van der Waals surface area contributed by atoms with Gasteiger partial charge < -0.3 is 19.5 Å². The highest BCUT2D eigenvalue weighted by molar-refractivity contribution is 6.15. The highest BCUT2D eigenvalue weighted by Gasteiger charge is 2.58. The largest absolute Gasteiger partial charge is 0.458 e. The van der Waals surface area contributed by atoms with Gasteiger partial charge in [-0.15, -0.1) is 10.2 Å². The normalized spacial score (nSPS) is 33.1. The molecule has 1 amide bonds. The van der Waals surface area contributed by atoms with Gasteiger partial charge in [-0.1, -0.05) is 19.1 Å². The van der Waals surface area contributed by atoms with Gasteiger partial charge in [0, 0.05) is 38.9 Å². The lowest BCUT2D eigenvalue weighted by Crippen LogP contribution is -2.60. The summed E-state index contributed by atoms with van der Waals surface area (Å²) in [7, 11) is 3.67. The first-order chi connectivity index (χ1) is 21.8. The van der Waals surface area contributed by atoms with Gasteiger partial charge in [-0.05, 0) is 83.8 Å². The number of nitrogens with zero attached hydrogens (tertiary/aromatic N) is 6. The molecule has 0 unspecified atom stereocenters. The van der Waals surface area contributed by atoms with E-state index in [0.29, 0.717) is 43.9 Å². The summed E-state index contributed by atoms with van der Waals surface area (Å²) in [4.78, 5) is 41.9. The van der Waals surface area contributed by atoms with Crippen molar-refractivity contribution in [3.8, 4) is 11.4 Å². The minimum atomic E-state index is -1.13. The van der Waals surface area contributed by atoms with Crippen LogP contribution in [0.3, 0.4) is 0 Å². The van der Waals surface area contributed by atoms with Gasteiger partial charge in [0.05, 0.1) is 17.8 Å². The van der Waals surface area contributed by atoms with Crippen molar-refractivity contribution in [2.45, 2.75) is 115 Å². The lowest BCUT2D eigenvalue weighted by Gasteiger charge is -2.41. The number of carbonyl (C=O) groups excluding carboxylic acids is 3. The molecule has 4 rings (SSSR count). The Morgan fingerprint density at radius 1 is 1.11 bits per heavy atom. The third kappa shape index (κ3) is 7.76. The molecule has 2 aliphatic heterocycles. The number of unbranched alkanes of at least 4 members (excludes halogenated alkanes) is 1. The van der Waals surface area contributed by atoms with Crippen LogP contribution in [0.15, 0.2) is 24.5 Å². The number of fused-ring (bicyclic) bond motifs is 1. The van der Waals surface area contributed by atoms with Crippen molar-refractivity contribution < 1.29 is 28.6 Å². The number of nitrogens with one attached hydrogen (secondary N) is 1. The molecule has 0 bridgehead atoms. The van der Waals surface area contributed by atoms with Crippen LogP contribution in [0.1, 0.15) is 73.6 Å². The van der Waals surface area contributed by atoms with Crippen LogP contribution in [0, 0.1) is 11.8 Å². The molecular weight excluding hydrogens is 589 g/mol. The van der Waals surface area contributed by atoms with Crippen molar-refractivity contribution in [2.24, 2.45) is 11.8 Å². The van der Waals surface area contributed by atoms with Crippen LogP contribution in [-0.2, 0) is 30.3 Å². The molecule has 0 radical (unpaired) electrons. The molecule has 0 aliphatic carbocycles. The minimum absolute atomic E-state index is 0.100. The van der Waals surface area contributed by atoms with E-state index in [0.717, 1.165) is 12.8 Å². The number of carbonyl (C=O) groups is 3. The van der Waals surface area contributed by atoms with Crippen molar-refractivity contribution in [1.29, 1.82) is 0 Å². The molecule has 0 aromatic carbocycles. The summed E-state index contributed by atoms with van der Waals surface area (Å²) in [6.45, 7) is 13.3. The number of methoxy groups -OCH3 is 1. The monoisotopic (exact) mass is 639 g/mol. The Morgan fingerprint density at radius 2 is 1.85 bits per heavy atom. The molecule has 0 saturated carbocycles. The average Bonchev–Trinajstić information content (AvgIpc) is 3.61. The fraction of sp³-hybridized carbons (Fsp3) is 0.719. The summed E-state index contributed by atoms with van der Waals surface area (Å²) in [5, 5.41) is 20.1. The molecule has 2 fully saturated rings. The number of cyclic esters (lactones) is 1. The Kier molecular flexibility index (Phi) is 11.6. The van der Waals surface area contributed by atoms with Crippen LogP contribution >= 0.6 is 0 Å².